The maximum atomic E-state index is 13.4. The van der Waals surface area contributed by atoms with Crippen LogP contribution in [0.1, 0.15) is 12.5 Å². The summed E-state index contributed by atoms with van der Waals surface area (Å²) in [5, 5.41) is 2.65. The van der Waals surface area contributed by atoms with Gasteiger partial charge in [-0.2, -0.15) is 0 Å². The van der Waals surface area contributed by atoms with Crippen molar-refractivity contribution < 1.29 is 22.0 Å². The molecule has 0 atom stereocenters. The fourth-order valence-corrected chi connectivity index (χ4v) is 3.16. The lowest BCUT2D eigenvalue weighted by Crippen LogP contribution is -2.37. The van der Waals surface area contributed by atoms with E-state index in [1.165, 1.54) is 0 Å². The first-order valence-corrected chi connectivity index (χ1v) is 9.37. The molecule has 25 heavy (non-hydrogen) atoms. The first-order valence-electron chi connectivity index (χ1n) is 7.53. The highest BCUT2D eigenvalue weighted by molar-refractivity contribution is 7.92. The van der Waals surface area contributed by atoms with Crippen LogP contribution in [0.25, 0.3) is 0 Å². The van der Waals surface area contributed by atoms with Gasteiger partial charge in [-0.25, -0.2) is 17.2 Å². The molecule has 0 unspecified atom stereocenters. The van der Waals surface area contributed by atoms with Gasteiger partial charge < -0.3 is 5.32 Å². The Bertz CT molecular complexity index is 885. The van der Waals surface area contributed by atoms with Crippen molar-refractivity contribution in [1.29, 1.82) is 0 Å². The van der Waals surface area contributed by atoms with Gasteiger partial charge in [0.2, 0.25) is 15.9 Å². The van der Waals surface area contributed by atoms with Gasteiger partial charge in [0.05, 0.1) is 11.9 Å². The van der Waals surface area contributed by atoms with Gasteiger partial charge in [0.1, 0.15) is 6.54 Å². The molecule has 2 aromatic rings. The van der Waals surface area contributed by atoms with Gasteiger partial charge in [-0.05, 0) is 30.2 Å². The van der Waals surface area contributed by atoms with Gasteiger partial charge in [-0.15, -0.1) is 0 Å². The van der Waals surface area contributed by atoms with Gasteiger partial charge in [0.25, 0.3) is 0 Å². The number of sulfonamides is 1. The van der Waals surface area contributed by atoms with Crippen LogP contribution in [0.5, 0.6) is 0 Å². The number of amides is 1. The lowest BCUT2D eigenvalue weighted by atomic mass is 10.1. The van der Waals surface area contributed by atoms with E-state index in [4.69, 9.17) is 0 Å². The molecule has 0 aliphatic heterocycles. The molecule has 0 fully saturated rings. The van der Waals surface area contributed by atoms with Gasteiger partial charge in [0.15, 0.2) is 11.6 Å². The number of aryl methyl sites for hydroxylation is 1. The summed E-state index contributed by atoms with van der Waals surface area (Å²) in [6, 6.07) is 9.79. The van der Waals surface area contributed by atoms with Crippen LogP contribution < -0.4 is 9.62 Å². The van der Waals surface area contributed by atoms with Crippen molar-refractivity contribution in [3.8, 4) is 0 Å². The lowest BCUT2D eigenvalue weighted by Gasteiger charge is -2.22. The molecule has 0 aromatic heterocycles. The highest BCUT2D eigenvalue weighted by Gasteiger charge is 2.22. The Hall–Kier alpha value is -2.48. The van der Waals surface area contributed by atoms with Gasteiger partial charge in [0, 0.05) is 11.8 Å². The number of carbonyl (C=O) groups excluding carboxylic acids is 1. The number of rotatable bonds is 6. The molecular weight excluding hydrogens is 350 g/mol. The van der Waals surface area contributed by atoms with E-state index in [9.17, 15) is 22.0 Å². The summed E-state index contributed by atoms with van der Waals surface area (Å²) in [5.74, 6) is -2.88. The zero-order valence-electron chi connectivity index (χ0n) is 13.8. The zero-order chi connectivity index (χ0) is 18.6. The lowest BCUT2D eigenvalue weighted by molar-refractivity contribution is -0.114. The van der Waals surface area contributed by atoms with Gasteiger partial charge in [-0.3, -0.25) is 9.10 Å². The van der Waals surface area contributed by atoms with E-state index in [-0.39, 0.29) is 5.69 Å². The normalized spacial score (nSPS) is 11.2. The maximum absolute atomic E-state index is 13.4. The molecule has 8 heteroatoms. The summed E-state index contributed by atoms with van der Waals surface area (Å²) >= 11 is 0. The Kier molecular flexibility index (Phi) is 5.73. The minimum atomic E-state index is -3.87. The van der Waals surface area contributed by atoms with E-state index in [2.05, 4.69) is 5.32 Å². The Morgan fingerprint density at radius 1 is 1.12 bits per heavy atom. The van der Waals surface area contributed by atoms with Crippen molar-refractivity contribution in [2.24, 2.45) is 0 Å². The molecule has 134 valence electrons. The molecule has 0 aliphatic carbocycles. The highest BCUT2D eigenvalue weighted by Crippen LogP contribution is 2.21. The fourth-order valence-electron chi connectivity index (χ4n) is 2.31. The Morgan fingerprint density at radius 2 is 1.80 bits per heavy atom. The predicted molar refractivity (Wildman–Crippen MR) is 93.0 cm³/mol. The van der Waals surface area contributed by atoms with Crippen LogP contribution in [0.2, 0.25) is 0 Å². The van der Waals surface area contributed by atoms with Crippen LogP contribution in [0.15, 0.2) is 42.5 Å². The van der Waals surface area contributed by atoms with E-state index in [0.717, 1.165) is 34.3 Å². The van der Waals surface area contributed by atoms with Gasteiger partial charge >= 0.3 is 0 Å². The van der Waals surface area contributed by atoms with E-state index >= 15 is 0 Å². The molecule has 0 radical (unpaired) electrons. The third kappa shape index (κ3) is 4.76. The van der Waals surface area contributed by atoms with E-state index in [0.29, 0.717) is 12.1 Å². The molecule has 2 aromatic carbocycles. The summed E-state index contributed by atoms with van der Waals surface area (Å²) in [6.45, 7) is 1.37. The smallest absolute Gasteiger partial charge is 0.245 e. The SMILES string of the molecule is CCc1ccccc1NC(=O)CN(c1ccc(F)c(F)c1)S(C)(=O)=O. The van der Waals surface area contributed by atoms with Crippen molar-refractivity contribution in [3.63, 3.8) is 0 Å². The Balaban J connectivity index is 2.25. The third-order valence-electron chi connectivity index (χ3n) is 3.55. The van der Waals surface area contributed by atoms with E-state index in [1.807, 2.05) is 19.1 Å². The second-order valence-electron chi connectivity index (χ2n) is 5.43. The van der Waals surface area contributed by atoms with Crippen molar-refractivity contribution >= 4 is 27.3 Å². The Morgan fingerprint density at radius 3 is 2.40 bits per heavy atom. The monoisotopic (exact) mass is 368 g/mol. The number of benzene rings is 2. The number of hydrogen-bond acceptors (Lipinski definition) is 3. The first-order chi connectivity index (χ1) is 11.7. The third-order valence-corrected chi connectivity index (χ3v) is 4.69. The number of hydrogen-bond donors (Lipinski definition) is 1. The van der Waals surface area contributed by atoms with Crippen LogP contribution in [0, 0.1) is 11.6 Å². The summed E-state index contributed by atoms with van der Waals surface area (Å²) in [5.41, 5.74) is 1.35. The summed E-state index contributed by atoms with van der Waals surface area (Å²) in [7, 11) is -3.87. The standard InChI is InChI=1S/C17H18F2N2O3S/c1-3-12-6-4-5-7-16(12)20-17(22)11-21(25(2,23)24)13-8-9-14(18)15(19)10-13/h4-10H,3,11H2,1-2H3,(H,20,22). The molecular formula is C17H18F2N2O3S. The molecule has 2 rings (SSSR count). The number of nitrogens with zero attached hydrogens (tertiary/aromatic N) is 1. The van der Waals surface area contributed by atoms with Crippen LogP contribution >= 0.6 is 0 Å². The average molecular weight is 368 g/mol. The molecule has 5 nitrogen and oxygen atoms in total. The quantitative estimate of drug-likeness (QED) is 0.853. The summed E-state index contributed by atoms with van der Waals surface area (Å²) in [4.78, 5) is 12.3. The van der Waals surface area contributed by atoms with E-state index in [1.54, 1.807) is 12.1 Å². The molecule has 0 aliphatic rings. The highest BCUT2D eigenvalue weighted by atomic mass is 32.2. The second-order valence-corrected chi connectivity index (χ2v) is 7.33. The van der Waals surface area contributed by atoms with Crippen molar-refractivity contribution in [3.05, 3.63) is 59.7 Å². The second kappa shape index (κ2) is 7.60. The maximum Gasteiger partial charge on any atom is 0.245 e. The fraction of sp³-hybridized carbons (Fsp3) is 0.235. The number of para-hydroxylation sites is 1. The minimum Gasteiger partial charge on any atom is -0.324 e. The number of nitrogens with one attached hydrogen (secondary N) is 1. The predicted octanol–water partition coefficient (Wildman–Crippen LogP) is 2.93. The number of carbonyl (C=O) groups is 1. The molecule has 0 saturated carbocycles. The van der Waals surface area contributed by atoms with Crippen molar-refractivity contribution in [2.45, 2.75) is 13.3 Å². The van der Waals surface area contributed by atoms with Crippen molar-refractivity contribution in [1.82, 2.24) is 0 Å². The largest absolute Gasteiger partial charge is 0.324 e. The molecule has 1 N–H and O–H groups in total. The summed E-state index contributed by atoms with van der Waals surface area (Å²) in [6.07, 6.45) is 1.58. The van der Waals surface area contributed by atoms with Crippen LogP contribution in [0.4, 0.5) is 20.2 Å². The molecule has 0 bridgehead atoms. The number of anilines is 2. The van der Waals surface area contributed by atoms with Crippen LogP contribution in [-0.4, -0.2) is 27.1 Å². The average Bonchev–Trinajstić information content (AvgIpc) is 2.55. The van der Waals surface area contributed by atoms with E-state index < -0.39 is 34.1 Å². The molecule has 0 saturated heterocycles. The van der Waals surface area contributed by atoms with Crippen LogP contribution in [-0.2, 0) is 21.2 Å². The zero-order valence-corrected chi connectivity index (χ0v) is 14.6. The first kappa shape index (κ1) is 18.9. The van der Waals surface area contributed by atoms with Gasteiger partial charge in [-0.1, -0.05) is 25.1 Å². The molecule has 0 heterocycles. The topological polar surface area (TPSA) is 66.5 Å². The minimum absolute atomic E-state index is 0.125. The number of halogens is 2. The van der Waals surface area contributed by atoms with Crippen molar-refractivity contribution in [2.75, 3.05) is 22.4 Å². The summed E-state index contributed by atoms with van der Waals surface area (Å²) < 4.78 is 51.1. The Labute approximate surface area is 145 Å². The molecule has 1 amide bonds. The molecule has 0 spiro atoms. The van der Waals surface area contributed by atoms with Crippen LogP contribution in [0.3, 0.4) is 0 Å².